The fourth-order valence-electron chi connectivity index (χ4n) is 6.88. The van der Waals surface area contributed by atoms with E-state index < -0.39 is 13.5 Å². The molecule has 0 radical (unpaired) electrons. The molecule has 0 saturated heterocycles. The van der Waals surface area contributed by atoms with E-state index in [2.05, 4.69) is 138 Å². The van der Waals surface area contributed by atoms with E-state index in [4.69, 9.17) is 34.8 Å². The molecule has 0 fully saturated rings. The second-order valence-corrected chi connectivity index (χ2v) is 22.2. The molecule has 7 aromatic rings. The molecular formula is C42H32Cl4NP2+. The van der Waals surface area contributed by atoms with E-state index in [1.807, 2.05) is 60.7 Å². The maximum absolute atomic E-state index is 9.23. The van der Waals surface area contributed by atoms with Crippen molar-refractivity contribution in [2.24, 2.45) is 0 Å². The Labute approximate surface area is 308 Å². The van der Waals surface area contributed by atoms with E-state index in [1.165, 1.54) is 0 Å². The second kappa shape index (κ2) is 13.9. The van der Waals surface area contributed by atoms with Crippen molar-refractivity contribution in [1.82, 2.24) is 0 Å². The second-order valence-electron chi connectivity index (χ2n) is 11.6. The first-order chi connectivity index (χ1) is 23.9. The van der Waals surface area contributed by atoms with E-state index in [9.17, 15) is 11.2 Å². The zero-order valence-electron chi connectivity index (χ0n) is 26.3. The van der Waals surface area contributed by atoms with Crippen LogP contribution in [0, 0.1) is 0 Å². The Morgan fingerprint density at radius 2 is 0.796 bits per heavy atom. The predicted octanol–water partition coefficient (Wildman–Crippen LogP) is 11.0. The van der Waals surface area contributed by atoms with Crippen molar-refractivity contribution >= 4 is 97.1 Å². The zero-order valence-corrected chi connectivity index (χ0v) is 31.1. The minimum atomic E-state index is -4.53. The Kier molecular flexibility index (Phi) is 9.62. The van der Waals surface area contributed by atoms with Crippen LogP contribution in [0.15, 0.2) is 194 Å². The predicted molar refractivity (Wildman–Crippen MR) is 220 cm³/mol. The van der Waals surface area contributed by atoms with Crippen LogP contribution >= 0.6 is 59.6 Å². The molecule has 0 spiro atoms. The fourth-order valence-corrected chi connectivity index (χ4v) is 22.3. The molecule has 0 unspecified atom stereocenters. The van der Waals surface area contributed by atoms with Crippen LogP contribution in [0.25, 0.3) is 0 Å². The number of hydrogen-bond donors (Lipinski definition) is 0. The van der Waals surface area contributed by atoms with E-state index in [0.29, 0.717) is 15.1 Å². The van der Waals surface area contributed by atoms with E-state index >= 15 is 0 Å². The van der Waals surface area contributed by atoms with Crippen molar-refractivity contribution in [3.05, 3.63) is 209 Å². The summed E-state index contributed by atoms with van der Waals surface area (Å²) in [7, 11) is -3.00. The van der Waals surface area contributed by atoms with E-state index in [1.54, 1.807) is 0 Å². The van der Waals surface area contributed by atoms with Crippen LogP contribution in [0.2, 0.25) is 15.1 Å². The van der Waals surface area contributed by atoms with E-state index in [0.717, 1.165) is 37.5 Å². The van der Waals surface area contributed by atoms with Crippen LogP contribution in [-0.2, 0) is 0 Å². The van der Waals surface area contributed by atoms with Crippen molar-refractivity contribution in [2.45, 2.75) is 0 Å². The topological polar surface area (TPSA) is 3.24 Å². The van der Waals surface area contributed by atoms with Crippen molar-refractivity contribution in [3.63, 3.8) is 0 Å². The Morgan fingerprint density at radius 1 is 0.408 bits per heavy atom. The molecule has 0 saturated carbocycles. The molecule has 0 bridgehead atoms. The Bertz CT molecular complexity index is 2030. The van der Waals surface area contributed by atoms with Gasteiger partial charge in [0.25, 0.3) is 0 Å². The number of benzene rings is 7. The van der Waals surface area contributed by atoms with Crippen molar-refractivity contribution in [2.75, 3.05) is 4.44 Å². The molecule has 0 aliphatic carbocycles. The molecule has 49 heavy (non-hydrogen) atoms. The summed E-state index contributed by atoms with van der Waals surface area (Å²) in [6.07, 6.45) is -4.53. The van der Waals surface area contributed by atoms with Gasteiger partial charge in [-0.15, -0.1) is 0 Å². The summed E-state index contributed by atoms with van der Waals surface area (Å²) in [5.74, 6) is 0. The molecule has 0 atom stereocenters. The van der Waals surface area contributed by atoms with Gasteiger partial charge in [0.05, 0.1) is 0 Å². The molecule has 7 rings (SSSR count). The van der Waals surface area contributed by atoms with Gasteiger partial charge < -0.3 is 0 Å². The third-order valence-electron chi connectivity index (χ3n) is 8.91. The van der Waals surface area contributed by atoms with Gasteiger partial charge in [0, 0.05) is 0 Å². The van der Waals surface area contributed by atoms with Crippen LogP contribution in [0.3, 0.4) is 0 Å². The normalized spacial score (nSPS) is 12.5. The van der Waals surface area contributed by atoms with Gasteiger partial charge in [-0.1, -0.05) is 0 Å². The van der Waals surface area contributed by atoms with Crippen LogP contribution in [0.4, 0.5) is 5.69 Å². The zero-order chi connectivity index (χ0) is 33.9. The SMILES string of the molecule is Clc1ccc(N([P+](c2ccccc2)(c2ccccc2)c2ccccc2)P(Cl)(c2ccccc2)(c2ccccc2)c2cccc(Cl)c2Cl)cc1. The monoisotopic (exact) mass is 752 g/mol. The molecule has 0 aromatic heterocycles. The van der Waals surface area contributed by atoms with Gasteiger partial charge in [0.2, 0.25) is 0 Å². The van der Waals surface area contributed by atoms with Gasteiger partial charge in [-0.25, -0.2) is 0 Å². The molecule has 7 aromatic carbocycles. The average Bonchev–Trinajstić information content (AvgIpc) is 3.17. The Hall–Kier alpha value is -3.64. The summed E-state index contributed by atoms with van der Waals surface area (Å²) in [5.41, 5.74) is 0.894. The summed E-state index contributed by atoms with van der Waals surface area (Å²) >= 11 is 30.4. The third-order valence-corrected chi connectivity index (χ3v) is 23.1. The number of hydrogen-bond acceptors (Lipinski definition) is 1. The number of halogens is 4. The number of anilines is 1. The van der Waals surface area contributed by atoms with Gasteiger partial charge in [0.15, 0.2) is 0 Å². The summed E-state index contributed by atoms with van der Waals surface area (Å²) in [6, 6.07) is 66.8. The Morgan fingerprint density at radius 3 is 1.20 bits per heavy atom. The molecular weight excluding hydrogens is 722 g/mol. The third kappa shape index (κ3) is 5.49. The molecule has 0 amide bonds. The first kappa shape index (κ1) is 33.8. The molecule has 7 heteroatoms. The van der Waals surface area contributed by atoms with Gasteiger partial charge in [-0.05, 0) is 0 Å². The standard InChI is InChI=1S/C42H32Cl4NP2/c43-33-29-31-34(32-30-33)47(48(35-17-6-1-7-18-35,36-19-8-2-9-20-36)37-21-10-3-11-22-37)49(46,38-23-12-4-13-24-38,39-25-14-5-15-26-39)41-28-16-27-40(44)42(41)45/h1-32H/q+1. The molecule has 0 aliphatic heterocycles. The minimum absolute atomic E-state index is 0.413. The van der Waals surface area contributed by atoms with Gasteiger partial charge in [0.1, 0.15) is 0 Å². The van der Waals surface area contributed by atoms with Crippen LogP contribution in [0.1, 0.15) is 0 Å². The maximum atomic E-state index is 9.23. The van der Waals surface area contributed by atoms with Crippen LogP contribution in [-0.4, -0.2) is 0 Å². The quantitative estimate of drug-likeness (QED) is 0.133. The molecule has 242 valence electrons. The van der Waals surface area contributed by atoms with Crippen molar-refractivity contribution < 1.29 is 0 Å². The average molecular weight is 754 g/mol. The van der Waals surface area contributed by atoms with Gasteiger partial charge >= 0.3 is 311 Å². The molecule has 0 N–H and O–H groups in total. The fraction of sp³-hybridized carbons (Fsp3) is 0. The Balaban J connectivity index is 1.85. The molecule has 0 heterocycles. The van der Waals surface area contributed by atoms with Crippen LogP contribution in [0.5, 0.6) is 0 Å². The van der Waals surface area contributed by atoms with Crippen LogP contribution < -0.4 is 36.3 Å². The van der Waals surface area contributed by atoms with Gasteiger partial charge in [-0.2, -0.15) is 0 Å². The van der Waals surface area contributed by atoms with Crippen molar-refractivity contribution in [1.29, 1.82) is 0 Å². The van der Waals surface area contributed by atoms with E-state index in [-0.39, 0.29) is 0 Å². The molecule has 1 nitrogen and oxygen atoms in total. The number of nitrogens with zero attached hydrogens (tertiary/aromatic N) is 1. The molecule has 0 aliphatic rings. The first-order valence-corrected chi connectivity index (χ1v) is 21.8. The number of rotatable bonds is 9. The summed E-state index contributed by atoms with van der Waals surface area (Å²) < 4.78 is 2.55. The first-order valence-electron chi connectivity index (χ1n) is 15.8. The summed E-state index contributed by atoms with van der Waals surface area (Å²) in [6.45, 7) is 0. The summed E-state index contributed by atoms with van der Waals surface area (Å²) in [4.78, 5) is 0. The summed E-state index contributed by atoms with van der Waals surface area (Å²) in [5, 5.41) is 7.45. The van der Waals surface area contributed by atoms with Crippen molar-refractivity contribution in [3.8, 4) is 0 Å². The van der Waals surface area contributed by atoms with Gasteiger partial charge in [-0.3, -0.25) is 0 Å².